The van der Waals surface area contributed by atoms with Crippen molar-refractivity contribution >= 4 is 28.3 Å². The molecule has 2 N–H and O–H groups in total. The lowest BCUT2D eigenvalue weighted by atomic mass is 9.85. The Morgan fingerprint density at radius 3 is 2.84 bits per heavy atom. The first-order chi connectivity index (χ1) is 12.2. The Bertz CT molecular complexity index is 822. The molecule has 130 valence electrons. The predicted octanol–water partition coefficient (Wildman–Crippen LogP) is 4.85. The maximum absolute atomic E-state index is 12.8. The summed E-state index contributed by atoms with van der Waals surface area (Å²) in [5, 5.41) is 7.75. The zero-order valence-electron chi connectivity index (χ0n) is 14.8. The standard InChI is InChI=1S/C21H24N2OS/c1-3-14-9-10-16-17(12-14)25-21-18(16)20(24)22-19(23-21)13(2)11-15-7-5-4-6-8-15/h4-8,11,14,19,23H,3,9-10,12H2,1-2H3,(H,22,24)/b13-11+/t14-,19-/m0/s1. The molecule has 25 heavy (non-hydrogen) atoms. The van der Waals surface area contributed by atoms with E-state index >= 15 is 0 Å². The summed E-state index contributed by atoms with van der Waals surface area (Å²) in [5.41, 5.74) is 4.46. The number of hydrogen-bond acceptors (Lipinski definition) is 3. The van der Waals surface area contributed by atoms with Crippen molar-refractivity contribution in [3.05, 3.63) is 57.5 Å². The smallest absolute Gasteiger partial charge is 0.256 e. The van der Waals surface area contributed by atoms with Gasteiger partial charge in [0, 0.05) is 4.88 Å². The Morgan fingerprint density at radius 2 is 2.08 bits per heavy atom. The van der Waals surface area contributed by atoms with Gasteiger partial charge in [-0.3, -0.25) is 4.79 Å². The number of nitrogens with one attached hydrogen (secondary N) is 2. The fraction of sp³-hybridized carbons (Fsp3) is 0.381. The van der Waals surface area contributed by atoms with E-state index in [0.29, 0.717) is 0 Å². The number of carbonyl (C=O) groups is 1. The molecule has 0 saturated carbocycles. The minimum atomic E-state index is -0.137. The monoisotopic (exact) mass is 352 g/mol. The molecule has 1 amide bonds. The Morgan fingerprint density at radius 1 is 1.28 bits per heavy atom. The van der Waals surface area contributed by atoms with Crippen LogP contribution in [0.3, 0.4) is 0 Å². The van der Waals surface area contributed by atoms with Crippen molar-refractivity contribution in [2.24, 2.45) is 5.92 Å². The zero-order chi connectivity index (χ0) is 17.4. The molecule has 0 spiro atoms. The topological polar surface area (TPSA) is 41.1 Å². The van der Waals surface area contributed by atoms with E-state index in [2.05, 4.69) is 42.7 Å². The summed E-state index contributed by atoms with van der Waals surface area (Å²) < 4.78 is 0. The number of rotatable bonds is 3. The van der Waals surface area contributed by atoms with Crippen LogP contribution in [0, 0.1) is 5.92 Å². The fourth-order valence-corrected chi connectivity index (χ4v) is 5.23. The molecule has 1 aromatic heterocycles. The Hall–Kier alpha value is -2.07. The summed E-state index contributed by atoms with van der Waals surface area (Å²) >= 11 is 1.79. The number of benzene rings is 1. The highest BCUT2D eigenvalue weighted by Crippen LogP contribution is 2.42. The predicted molar refractivity (Wildman–Crippen MR) is 105 cm³/mol. The normalized spacial score (nSPS) is 22.6. The summed E-state index contributed by atoms with van der Waals surface area (Å²) in [7, 11) is 0. The molecule has 2 aromatic rings. The van der Waals surface area contributed by atoms with Gasteiger partial charge in [0.2, 0.25) is 0 Å². The number of fused-ring (bicyclic) bond motifs is 3. The van der Waals surface area contributed by atoms with Crippen molar-refractivity contribution in [1.29, 1.82) is 0 Å². The third kappa shape index (κ3) is 3.11. The first-order valence-corrected chi connectivity index (χ1v) is 9.92. The zero-order valence-corrected chi connectivity index (χ0v) is 15.6. The highest BCUT2D eigenvalue weighted by Gasteiger charge is 2.33. The molecule has 1 aliphatic heterocycles. The molecule has 2 heterocycles. The molecule has 1 aromatic carbocycles. The van der Waals surface area contributed by atoms with Crippen LogP contribution in [0.4, 0.5) is 5.00 Å². The van der Waals surface area contributed by atoms with E-state index in [4.69, 9.17) is 0 Å². The maximum atomic E-state index is 12.8. The first kappa shape index (κ1) is 16.4. The quantitative estimate of drug-likeness (QED) is 0.829. The average molecular weight is 353 g/mol. The van der Waals surface area contributed by atoms with Crippen LogP contribution in [0.25, 0.3) is 6.08 Å². The van der Waals surface area contributed by atoms with Crippen molar-refractivity contribution in [2.75, 3.05) is 5.32 Å². The summed E-state index contributed by atoms with van der Waals surface area (Å²) in [5.74, 6) is 0.846. The highest BCUT2D eigenvalue weighted by atomic mass is 32.1. The molecule has 3 nitrogen and oxygen atoms in total. The molecule has 0 bridgehead atoms. The molecule has 2 atom stereocenters. The van der Waals surface area contributed by atoms with Crippen molar-refractivity contribution in [1.82, 2.24) is 5.32 Å². The third-order valence-electron chi connectivity index (χ3n) is 5.37. The Balaban J connectivity index is 1.61. The first-order valence-electron chi connectivity index (χ1n) is 9.11. The highest BCUT2D eigenvalue weighted by molar-refractivity contribution is 7.16. The van der Waals surface area contributed by atoms with Crippen LogP contribution in [0.1, 0.15) is 53.1 Å². The van der Waals surface area contributed by atoms with E-state index in [0.717, 1.165) is 40.5 Å². The van der Waals surface area contributed by atoms with Gasteiger partial charge in [-0.1, -0.05) is 49.8 Å². The van der Waals surface area contributed by atoms with Crippen molar-refractivity contribution in [2.45, 2.75) is 45.7 Å². The van der Waals surface area contributed by atoms with Gasteiger partial charge < -0.3 is 10.6 Å². The third-order valence-corrected chi connectivity index (χ3v) is 6.56. The average Bonchev–Trinajstić information content (AvgIpc) is 3.00. The lowest BCUT2D eigenvalue weighted by molar-refractivity contribution is 0.0941. The van der Waals surface area contributed by atoms with Gasteiger partial charge in [-0.15, -0.1) is 11.3 Å². The second-order valence-electron chi connectivity index (χ2n) is 7.07. The summed E-state index contributed by atoms with van der Waals surface area (Å²) in [6.07, 6.45) is 6.59. The van der Waals surface area contributed by atoms with E-state index < -0.39 is 0 Å². The minimum absolute atomic E-state index is 0.0759. The second-order valence-corrected chi connectivity index (χ2v) is 8.18. The van der Waals surface area contributed by atoms with Gasteiger partial charge >= 0.3 is 0 Å². The summed E-state index contributed by atoms with van der Waals surface area (Å²) in [6, 6.07) is 10.2. The second kappa shape index (κ2) is 6.68. The van der Waals surface area contributed by atoms with Crippen molar-refractivity contribution < 1.29 is 4.79 Å². The van der Waals surface area contributed by atoms with Gasteiger partial charge in [0.1, 0.15) is 11.2 Å². The van der Waals surface area contributed by atoms with Crippen molar-refractivity contribution in [3.8, 4) is 0 Å². The van der Waals surface area contributed by atoms with Gasteiger partial charge in [-0.25, -0.2) is 0 Å². The van der Waals surface area contributed by atoms with Crippen LogP contribution in [0.5, 0.6) is 0 Å². The van der Waals surface area contributed by atoms with Crippen molar-refractivity contribution in [3.63, 3.8) is 0 Å². The molecule has 0 saturated heterocycles. The fourth-order valence-electron chi connectivity index (χ4n) is 3.84. The van der Waals surface area contributed by atoms with E-state index in [-0.39, 0.29) is 12.1 Å². The summed E-state index contributed by atoms with van der Waals surface area (Å²) in [6.45, 7) is 4.33. The molecule has 2 aliphatic rings. The van der Waals surface area contributed by atoms with Gasteiger partial charge in [-0.05, 0) is 48.8 Å². The van der Waals surface area contributed by atoms with Gasteiger partial charge in [0.05, 0.1) is 5.56 Å². The largest absolute Gasteiger partial charge is 0.353 e. The van der Waals surface area contributed by atoms with E-state index in [1.165, 1.54) is 23.3 Å². The van der Waals surface area contributed by atoms with Crippen LogP contribution in [0.15, 0.2) is 35.9 Å². The molecular weight excluding hydrogens is 328 g/mol. The number of carbonyl (C=O) groups excluding carboxylic acids is 1. The lowest BCUT2D eigenvalue weighted by Gasteiger charge is -2.27. The van der Waals surface area contributed by atoms with Gasteiger partial charge in [0.15, 0.2) is 0 Å². The van der Waals surface area contributed by atoms with Crippen LogP contribution < -0.4 is 10.6 Å². The molecule has 0 unspecified atom stereocenters. The van der Waals surface area contributed by atoms with Crippen LogP contribution >= 0.6 is 11.3 Å². The maximum Gasteiger partial charge on any atom is 0.256 e. The van der Waals surface area contributed by atoms with E-state index in [9.17, 15) is 4.79 Å². The lowest BCUT2D eigenvalue weighted by Crippen LogP contribution is -2.45. The van der Waals surface area contributed by atoms with Gasteiger partial charge in [-0.2, -0.15) is 0 Å². The number of amides is 1. The van der Waals surface area contributed by atoms with E-state index in [1.54, 1.807) is 11.3 Å². The molecule has 4 heteroatoms. The molecule has 0 radical (unpaired) electrons. The van der Waals surface area contributed by atoms with E-state index in [1.807, 2.05) is 18.2 Å². The molecular formula is C21H24N2OS. The van der Waals surface area contributed by atoms with Crippen LogP contribution in [-0.2, 0) is 12.8 Å². The molecule has 4 rings (SSSR count). The molecule has 0 fully saturated rings. The number of thiophene rings is 1. The summed E-state index contributed by atoms with van der Waals surface area (Å²) in [4.78, 5) is 14.2. The number of hydrogen-bond donors (Lipinski definition) is 2. The Kier molecular flexibility index (Phi) is 4.38. The van der Waals surface area contributed by atoms with Crippen LogP contribution in [-0.4, -0.2) is 12.1 Å². The van der Waals surface area contributed by atoms with Gasteiger partial charge in [0.25, 0.3) is 5.91 Å². The molecule has 1 aliphatic carbocycles. The number of anilines is 1. The Labute approximate surface area is 153 Å². The minimum Gasteiger partial charge on any atom is -0.353 e. The SMILES string of the molecule is CC[C@H]1CCc2c(sc3c2C(=O)N[C@H](/C(C)=C/c2ccccc2)N3)C1. The van der Waals surface area contributed by atoms with Crippen LogP contribution in [0.2, 0.25) is 0 Å².